The van der Waals surface area contributed by atoms with Crippen LogP contribution in [0.25, 0.3) is 0 Å². The Bertz CT molecular complexity index is 147. The molecule has 5 atom stereocenters. The quantitative estimate of drug-likeness (QED) is 0.383. The summed E-state index contributed by atoms with van der Waals surface area (Å²) in [5.41, 5.74) is 5.50. The Morgan fingerprint density at radius 1 is 1.38 bits per heavy atom. The molecule has 1 saturated heterocycles. The lowest BCUT2D eigenvalue weighted by Gasteiger charge is -2.39. The van der Waals surface area contributed by atoms with Gasteiger partial charge in [-0.15, -0.1) is 0 Å². The molecule has 1 unspecified atom stereocenters. The summed E-state index contributed by atoms with van der Waals surface area (Å²) in [6.07, 6.45) is -3.96. The Labute approximate surface area is 75.9 Å². The van der Waals surface area contributed by atoms with E-state index in [1.165, 1.54) is 7.11 Å². The highest BCUT2D eigenvalue weighted by Gasteiger charge is 2.42. The molecule has 0 aromatic rings. The van der Waals surface area contributed by atoms with Crippen molar-refractivity contribution in [1.29, 1.82) is 0 Å². The van der Waals surface area contributed by atoms with Crippen LogP contribution in [-0.4, -0.2) is 59.7 Å². The fourth-order valence-electron chi connectivity index (χ4n) is 1.32. The molecular weight excluding hydrogens is 178 g/mol. The summed E-state index contributed by atoms with van der Waals surface area (Å²) in [6.45, 7) is -0.384. The number of rotatable bonds is 2. The average Bonchev–Trinajstić information content (AvgIpc) is 2.15. The molecule has 0 bridgehead atoms. The Morgan fingerprint density at radius 3 is 2.46 bits per heavy atom. The second-order valence-corrected chi connectivity index (χ2v) is 3.02. The van der Waals surface area contributed by atoms with Crippen LogP contribution in [0.3, 0.4) is 0 Å². The van der Waals surface area contributed by atoms with Crippen molar-refractivity contribution in [1.82, 2.24) is 0 Å². The van der Waals surface area contributed by atoms with Crippen molar-refractivity contribution in [2.75, 3.05) is 13.7 Å². The van der Waals surface area contributed by atoms with Gasteiger partial charge in [-0.05, 0) is 0 Å². The van der Waals surface area contributed by atoms with E-state index in [-0.39, 0.29) is 6.61 Å². The van der Waals surface area contributed by atoms with Gasteiger partial charge in [-0.2, -0.15) is 0 Å². The second-order valence-electron chi connectivity index (χ2n) is 3.02. The summed E-state index contributed by atoms with van der Waals surface area (Å²) in [4.78, 5) is 0. The minimum Gasteiger partial charge on any atom is -0.394 e. The molecule has 5 N–H and O–H groups in total. The highest BCUT2D eigenvalue weighted by Crippen LogP contribution is 2.19. The van der Waals surface area contributed by atoms with E-state index in [2.05, 4.69) is 0 Å². The van der Waals surface area contributed by atoms with Gasteiger partial charge in [0.15, 0.2) is 6.29 Å². The molecule has 0 aromatic carbocycles. The van der Waals surface area contributed by atoms with E-state index >= 15 is 0 Å². The molecule has 0 amide bonds. The lowest BCUT2D eigenvalue weighted by atomic mass is 9.98. The van der Waals surface area contributed by atoms with Crippen LogP contribution in [0.1, 0.15) is 0 Å². The molecule has 78 valence electrons. The molecule has 1 rings (SSSR count). The third-order valence-electron chi connectivity index (χ3n) is 2.16. The fraction of sp³-hybridized carbons (Fsp3) is 1.00. The first kappa shape index (κ1) is 10.8. The first-order valence-corrected chi connectivity index (χ1v) is 4.02. The van der Waals surface area contributed by atoms with Crippen molar-refractivity contribution in [3.63, 3.8) is 0 Å². The maximum atomic E-state index is 9.40. The van der Waals surface area contributed by atoms with E-state index in [0.717, 1.165) is 0 Å². The summed E-state index contributed by atoms with van der Waals surface area (Å²) in [6, 6.07) is -0.803. The smallest absolute Gasteiger partial charge is 0.175 e. The Morgan fingerprint density at radius 2 is 2.00 bits per heavy atom. The van der Waals surface area contributed by atoms with Crippen molar-refractivity contribution in [2.45, 2.75) is 30.6 Å². The topological polar surface area (TPSA) is 105 Å². The van der Waals surface area contributed by atoms with E-state index in [1.807, 2.05) is 0 Å². The van der Waals surface area contributed by atoms with Crippen LogP contribution in [0.5, 0.6) is 0 Å². The molecule has 1 heterocycles. The molecule has 1 aliphatic rings. The number of nitrogens with two attached hydrogens (primary N) is 1. The van der Waals surface area contributed by atoms with Gasteiger partial charge in [0.2, 0.25) is 0 Å². The molecule has 1 aliphatic heterocycles. The number of aliphatic hydroxyl groups is 3. The SMILES string of the molecule is COC1O[C@H](CO)[C@@H](O)[C@H](O)[C@H]1N. The van der Waals surface area contributed by atoms with Gasteiger partial charge in [-0.25, -0.2) is 0 Å². The molecule has 6 heteroatoms. The van der Waals surface area contributed by atoms with E-state index in [4.69, 9.17) is 20.3 Å². The third-order valence-corrected chi connectivity index (χ3v) is 2.16. The van der Waals surface area contributed by atoms with Crippen LogP contribution in [0.2, 0.25) is 0 Å². The molecule has 1 fully saturated rings. The van der Waals surface area contributed by atoms with E-state index in [0.29, 0.717) is 0 Å². The maximum Gasteiger partial charge on any atom is 0.175 e. The summed E-state index contributed by atoms with van der Waals surface area (Å²) < 4.78 is 9.90. The first-order valence-electron chi connectivity index (χ1n) is 4.02. The molecule has 0 spiro atoms. The van der Waals surface area contributed by atoms with Crippen molar-refractivity contribution in [3.05, 3.63) is 0 Å². The van der Waals surface area contributed by atoms with E-state index in [1.54, 1.807) is 0 Å². The zero-order valence-electron chi connectivity index (χ0n) is 7.33. The van der Waals surface area contributed by atoms with Gasteiger partial charge in [-0.3, -0.25) is 0 Å². The van der Waals surface area contributed by atoms with Gasteiger partial charge >= 0.3 is 0 Å². The Kier molecular flexibility index (Phi) is 3.60. The number of hydrogen-bond acceptors (Lipinski definition) is 6. The lowest BCUT2D eigenvalue weighted by Crippen LogP contribution is -2.62. The van der Waals surface area contributed by atoms with Gasteiger partial charge in [0.1, 0.15) is 18.3 Å². The summed E-state index contributed by atoms with van der Waals surface area (Å²) >= 11 is 0. The van der Waals surface area contributed by atoms with Crippen molar-refractivity contribution >= 4 is 0 Å². The normalized spacial score (nSPS) is 46.4. The van der Waals surface area contributed by atoms with Gasteiger partial charge in [0.25, 0.3) is 0 Å². The largest absolute Gasteiger partial charge is 0.394 e. The minimum atomic E-state index is -1.17. The summed E-state index contributed by atoms with van der Waals surface area (Å²) in [5, 5.41) is 27.5. The van der Waals surface area contributed by atoms with Gasteiger partial charge in [0, 0.05) is 7.11 Å². The number of ether oxygens (including phenoxy) is 2. The summed E-state index contributed by atoms with van der Waals surface area (Å²) in [7, 11) is 1.38. The molecule has 0 radical (unpaired) electrons. The van der Waals surface area contributed by atoms with Crippen molar-refractivity contribution < 1.29 is 24.8 Å². The monoisotopic (exact) mass is 193 g/mol. The molecule has 6 nitrogen and oxygen atoms in total. The number of hydrogen-bond donors (Lipinski definition) is 4. The molecule has 0 aromatic heterocycles. The van der Waals surface area contributed by atoms with Gasteiger partial charge < -0.3 is 30.5 Å². The molecule has 13 heavy (non-hydrogen) atoms. The van der Waals surface area contributed by atoms with Crippen LogP contribution in [0.15, 0.2) is 0 Å². The van der Waals surface area contributed by atoms with Crippen LogP contribution >= 0.6 is 0 Å². The van der Waals surface area contributed by atoms with Crippen LogP contribution in [0, 0.1) is 0 Å². The standard InChI is InChI=1S/C7H15NO5/c1-12-7-4(8)6(11)5(10)3(2-9)13-7/h3-7,9-11H,2,8H2,1H3/t3-,4-,5-,6-,7?/m1/s1. The third kappa shape index (κ3) is 1.98. The minimum absolute atomic E-state index is 0.384. The molecular formula is C7H15NO5. The average molecular weight is 193 g/mol. The number of aliphatic hydroxyl groups excluding tert-OH is 3. The highest BCUT2D eigenvalue weighted by atomic mass is 16.7. The molecule has 0 aliphatic carbocycles. The van der Waals surface area contributed by atoms with Crippen LogP contribution in [0.4, 0.5) is 0 Å². The summed E-state index contributed by atoms with van der Waals surface area (Å²) in [5.74, 6) is 0. The highest BCUT2D eigenvalue weighted by molar-refractivity contribution is 4.91. The lowest BCUT2D eigenvalue weighted by molar-refractivity contribution is -0.257. The van der Waals surface area contributed by atoms with Gasteiger partial charge in [0.05, 0.1) is 12.6 Å². The predicted octanol–water partition coefficient (Wildman–Crippen LogP) is -2.60. The maximum absolute atomic E-state index is 9.40. The Balaban J connectivity index is 2.66. The van der Waals surface area contributed by atoms with Crippen LogP contribution in [-0.2, 0) is 9.47 Å². The van der Waals surface area contributed by atoms with Crippen molar-refractivity contribution in [2.24, 2.45) is 5.73 Å². The zero-order chi connectivity index (χ0) is 10.0. The predicted molar refractivity (Wildman–Crippen MR) is 42.7 cm³/mol. The second kappa shape index (κ2) is 4.32. The molecule has 0 saturated carbocycles. The van der Waals surface area contributed by atoms with Crippen molar-refractivity contribution in [3.8, 4) is 0 Å². The fourth-order valence-corrected chi connectivity index (χ4v) is 1.32. The van der Waals surface area contributed by atoms with Crippen LogP contribution < -0.4 is 5.73 Å². The zero-order valence-corrected chi connectivity index (χ0v) is 7.33. The number of methoxy groups -OCH3 is 1. The Hall–Kier alpha value is -0.240. The van der Waals surface area contributed by atoms with Gasteiger partial charge in [-0.1, -0.05) is 0 Å². The van der Waals surface area contributed by atoms with E-state index in [9.17, 15) is 10.2 Å². The first-order chi connectivity index (χ1) is 6.11. The van der Waals surface area contributed by atoms with E-state index < -0.39 is 30.6 Å².